The monoisotopic (exact) mass is 629 g/mol. The number of anilines is 3. The van der Waals surface area contributed by atoms with Crippen LogP contribution >= 0.6 is 11.8 Å². The normalized spacial score (nSPS) is 12.5. The summed E-state index contributed by atoms with van der Waals surface area (Å²) in [5.41, 5.74) is 16.4. The quantitative estimate of drug-likeness (QED) is 0.179. The molecule has 0 unspecified atom stereocenters. The van der Waals surface area contributed by atoms with Crippen LogP contribution in [0.2, 0.25) is 0 Å². The van der Waals surface area contributed by atoms with Crippen LogP contribution in [0, 0.1) is 62.3 Å². The third-order valence-corrected chi connectivity index (χ3v) is 16.8. The van der Waals surface area contributed by atoms with Gasteiger partial charge in [-0.05, 0) is 0 Å². The maximum atomic E-state index is 2.55. The molecule has 0 amide bonds. The van der Waals surface area contributed by atoms with E-state index in [1.807, 2.05) is 11.8 Å². The average molecular weight is 630 g/mol. The molecule has 1 nitrogen and oxygen atoms in total. The number of fused-ring (bicyclic) bond motifs is 2. The predicted molar refractivity (Wildman–Crippen MR) is 185 cm³/mol. The first-order valence-electron chi connectivity index (χ1n) is 14.8. The van der Waals surface area contributed by atoms with Crippen LogP contribution in [0.25, 0.3) is 0 Å². The fourth-order valence-corrected chi connectivity index (χ4v) is 15.0. The molecule has 0 fully saturated rings. The Bertz CT molecular complexity index is 1720. The van der Waals surface area contributed by atoms with Gasteiger partial charge in [-0.25, -0.2) is 0 Å². The van der Waals surface area contributed by atoms with Crippen LogP contribution in [-0.2, 0) is 0 Å². The molecule has 0 saturated carbocycles. The van der Waals surface area contributed by atoms with E-state index >= 15 is 0 Å². The van der Waals surface area contributed by atoms with Crippen molar-refractivity contribution in [3.8, 4) is 0 Å². The van der Waals surface area contributed by atoms with E-state index in [9.17, 15) is 0 Å². The molecule has 5 aromatic rings. The molecule has 0 aromatic heterocycles. The van der Waals surface area contributed by atoms with Gasteiger partial charge >= 0.3 is 262 Å². The van der Waals surface area contributed by atoms with Crippen LogP contribution in [0.1, 0.15) is 50.1 Å². The van der Waals surface area contributed by atoms with Crippen molar-refractivity contribution in [3.63, 3.8) is 0 Å². The van der Waals surface area contributed by atoms with Crippen LogP contribution in [-0.4, -0.2) is 14.7 Å². The Morgan fingerprint density at radius 1 is 0.476 bits per heavy atom. The van der Waals surface area contributed by atoms with E-state index in [0.717, 1.165) is 0 Å². The predicted octanol–water partition coefficient (Wildman–Crippen LogP) is 8.91. The molecule has 0 bridgehead atoms. The fourth-order valence-electron chi connectivity index (χ4n) is 7.18. The molecule has 0 N–H and O–H groups in total. The summed E-state index contributed by atoms with van der Waals surface area (Å²) in [5.74, 6) is 0. The van der Waals surface area contributed by atoms with Crippen LogP contribution in [0.15, 0.2) is 88.7 Å². The summed E-state index contributed by atoms with van der Waals surface area (Å²) in [4.78, 5) is 5.16. The summed E-state index contributed by atoms with van der Waals surface area (Å²) < 4.78 is 4.74. The molecule has 0 atom stereocenters. The second-order valence-electron chi connectivity index (χ2n) is 12.0. The van der Waals surface area contributed by atoms with E-state index in [1.54, 1.807) is 13.1 Å². The van der Waals surface area contributed by atoms with Gasteiger partial charge in [0.05, 0.1) is 0 Å². The Morgan fingerprint density at radius 3 is 1.33 bits per heavy atom. The van der Waals surface area contributed by atoms with Crippen molar-refractivity contribution in [2.45, 2.75) is 72.1 Å². The van der Waals surface area contributed by atoms with E-state index in [-0.39, 0.29) is 0 Å². The minimum absolute atomic E-state index is 1.27. The third kappa shape index (κ3) is 4.83. The Hall–Kier alpha value is -3.19. The average Bonchev–Trinajstić information content (AvgIpc) is 2.91. The first-order chi connectivity index (χ1) is 20.1. The summed E-state index contributed by atoms with van der Waals surface area (Å²) >= 11 is -0.117. The van der Waals surface area contributed by atoms with Crippen molar-refractivity contribution in [1.29, 1.82) is 0 Å². The number of para-hydroxylation sites is 2. The van der Waals surface area contributed by atoms with Crippen molar-refractivity contribution in [1.82, 2.24) is 0 Å². The Morgan fingerprint density at radius 2 is 0.881 bits per heavy atom. The van der Waals surface area contributed by atoms with Crippen molar-refractivity contribution >= 4 is 56.5 Å². The topological polar surface area (TPSA) is 3.24 Å². The second kappa shape index (κ2) is 11.1. The zero-order chi connectivity index (χ0) is 29.9. The van der Waals surface area contributed by atoms with E-state index in [4.69, 9.17) is 0 Å². The van der Waals surface area contributed by atoms with E-state index in [0.29, 0.717) is 0 Å². The minimum atomic E-state index is -1.99. The van der Waals surface area contributed by atoms with Crippen LogP contribution in [0.5, 0.6) is 0 Å². The molecule has 1 heterocycles. The summed E-state index contributed by atoms with van der Waals surface area (Å²) in [7, 11) is 0. The number of aryl methyl sites for hydroxylation is 8. The second-order valence-corrected chi connectivity index (χ2v) is 17.3. The molecule has 0 aliphatic carbocycles. The molecule has 0 spiro atoms. The number of hydrogen-bond donors (Lipinski definition) is 0. The van der Waals surface area contributed by atoms with Crippen molar-refractivity contribution in [2.24, 2.45) is 0 Å². The molecule has 5 aromatic carbocycles. The van der Waals surface area contributed by atoms with Gasteiger partial charge < -0.3 is 0 Å². The Labute approximate surface area is 261 Å². The number of rotatable bonds is 4. The standard InChI is InChI=1S/C39H40AsNS/c1-23-18-25(3)36(26(4)19-23)40(37-27(5)20-24(2)21-28(37)6)38-29(7)22-30(8)39(31(38)9)41-32-14-10-12-16-34(32)42-35-17-13-11-15-33(35)41/h10-22H,1-9H3. The van der Waals surface area contributed by atoms with E-state index in [2.05, 4.69) is 146 Å². The molecular weight excluding hydrogens is 589 g/mol. The van der Waals surface area contributed by atoms with Gasteiger partial charge in [0.15, 0.2) is 0 Å². The van der Waals surface area contributed by atoms with Crippen LogP contribution < -0.4 is 18.0 Å². The van der Waals surface area contributed by atoms with Gasteiger partial charge in [0.25, 0.3) is 0 Å². The number of benzene rings is 5. The number of nitrogens with zero attached hydrogens (tertiary/aromatic N) is 1. The van der Waals surface area contributed by atoms with Crippen molar-refractivity contribution < 1.29 is 0 Å². The third-order valence-electron chi connectivity index (χ3n) is 8.49. The van der Waals surface area contributed by atoms with Crippen molar-refractivity contribution in [3.05, 3.63) is 129 Å². The van der Waals surface area contributed by atoms with Crippen LogP contribution in [0.4, 0.5) is 17.1 Å². The first-order valence-corrected chi connectivity index (χ1v) is 18.4. The molecule has 1 aliphatic rings. The number of hydrogen-bond acceptors (Lipinski definition) is 2. The van der Waals surface area contributed by atoms with Gasteiger partial charge in [-0.1, -0.05) is 0 Å². The summed E-state index contributed by atoms with van der Waals surface area (Å²) in [5, 5.41) is 0. The molecule has 0 radical (unpaired) electrons. The van der Waals surface area contributed by atoms with Gasteiger partial charge in [-0.3, -0.25) is 0 Å². The molecule has 212 valence electrons. The molecule has 1 aliphatic heterocycles. The molecule has 42 heavy (non-hydrogen) atoms. The maximum absolute atomic E-state index is 2.55. The first kappa shape index (κ1) is 28.9. The van der Waals surface area contributed by atoms with E-state index in [1.165, 1.54) is 76.9 Å². The molecular formula is C39H40AsNS. The molecule has 3 heteroatoms. The fraction of sp³-hybridized carbons (Fsp3) is 0.231. The van der Waals surface area contributed by atoms with Gasteiger partial charge in [0, 0.05) is 0 Å². The van der Waals surface area contributed by atoms with Gasteiger partial charge in [-0.2, -0.15) is 0 Å². The Kier molecular flexibility index (Phi) is 7.67. The van der Waals surface area contributed by atoms with Gasteiger partial charge in [0.1, 0.15) is 0 Å². The zero-order valence-corrected chi connectivity index (χ0v) is 29.0. The summed E-state index contributed by atoms with van der Waals surface area (Å²) in [6.45, 7) is 20.9. The molecule has 0 saturated heterocycles. The summed E-state index contributed by atoms with van der Waals surface area (Å²) in [6.07, 6.45) is 0. The van der Waals surface area contributed by atoms with E-state index < -0.39 is 14.7 Å². The van der Waals surface area contributed by atoms with Gasteiger partial charge in [-0.15, -0.1) is 0 Å². The molecule has 6 rings (SSSR count). The van der Waals surface area contributed by atoms with Crippen molar-refractivity contribution in [2.75, 3.05) is 4.90 Å². The van der Waals surface area contributed by atoms with Crippen LogP contribution in [0.3, 0.4) is 0 Å². The Balaban J connectivity index is 1.71. The SMILES string of the molecule is Cc1cc(C)c([As](c2c(C)cc(C)cc2C)c2c(C)cc(C)c(N3c4ccccc4Sc4ccccc43)c2C)c(C)c1. The summed E-state index contributed by atoms with van der Waals surface area (Å²) in [6, 6.07) is 29.8. The van der Waals surface area contributed by atoms with Gasteiger partial charge in [0.2, 0.25) is 0 Å². The zero-order valence-electron chi connectivity index (χ0n) is 26.3.